The number of aromatic nitrogens is 2. The molecule has 0 spiro atoms. The molecule has 1 saturated carbocycles. The van der Waals surface area contributed by atoms with E-state index in [2.05, 4.69) is 25.5 Å². The monoisotopic (exact) mass is 305 g/mol. The van der Waals surface area contributed by atoms with Gasteiger partial charge in [0, 0.05) is 25.0 Å². The zero-order chi connectivity index (χ0) is 15.8. The number of carbonyl (C=O) groups excluding carboxylic acids is 1. The predicted molar refractivity (Wildman–Crippen MR) is 88.0 cm³/mol. The Bertz CT molecular complexity index is 454. The lowest BCUT2D eigenvalue weighted by molar-refractivity contribution is 0.0951. The zero-order valence-electron chi connectivity index (χ0n) is 13.6. The van der Waals surface area contributed by atoms with Gasteiger partial charge in [-0.15, -0.1) is 0 Å². The van der Waals surface area contributed by atoms with Crippen molar-refractivity contribution in [1.82, 2.24) is 20.2 Å². The molecule has 0 bridgehead atoms. The summed E-state index contributed by atoms with van der Waals surface area (Å²) in [5, 5.41) is 6.24. The van der Waals surface area contributed by atoms with Crippen LogP contribution in [0.3, 0.4) is 0 Å². The van der Waals surface area contributed by atoms with Crippen LogP contribution in [-0.4, -0.2) is 54.0 Å². The van der Waals surface area contributed by atoms with Crippen LogP contribution in [0.1, 0.15) is 48.9 Å². The summed E-state index contributed by atoms with van der Waals surface area (Å²) in [7, 11) is 4.04. The highest BCUT2D eigenvalue weighted by molar-refractivity contribution is 5.93. The lowest BCUT2D eigenvalue weighted by Gasteiger charge is -2.22. The van der Waals surface area contributed by atoms with Gasteiger partial charge in [-0.05, 0) is 39.9 Å². The summed E-state index contributed by atoms with van der Waals surface area (Å²) in [6.07, 6.45) is 10.3. The van der Waals surface area contributed by atoms with Gasteiger partial charge in [0.15, 0.2) is 0 Å². The molecule has 0 aromatic carbocycles. The second-order valence-corrected chi connectivity index (χ2v) is 6.19. The van der Waals surface area contributed by atoms with Gasteiger partial charge in [-0.25, -0.2) is 9.97 Å². The summed E-state index contributed by atoms with van der Waals surface area (Å²) in [6.45, 7) is 1.63. The Balaban J connectivity index is 1.76. The molecule has 0 radical (unpaired) electrons. The minimum Gasteiger partial charge on any atom is -0.352 e. The van der Waals surface area contributed by atoms with Crippen molar-refractivity contribution in [3.05, 3.63) is 18.0 Å². The number of hydrogen-bond donors (Lipinski definition) is 2. The van der Waals surface area contributed by atoms with E-state index in [4.69, 9.17) is 0 Å². The van der Waals surface area contributed by atoms with Crippen molar-refractivity contribution in [3.63, 3.8) is 0 Å². The average Bonchev–Trinajstić information content (AvgIpc) is 2.53. The van der Waals surface area contributed by atoms with Crippen molar-refractivity contribution in [2.75, 3.05) is 32.5 Å². The Labute approximate surface area is 132 Å². The Kier molecular flexibility index (Phi) is 6.58. The molecular weight excluding hydrogens is 278 g/mol. The van der Waals surface area contributed by atoms with Crippen LogP contribution in [0.2, 0.25) is 0 Å². The summed E-state index contributed by atoms with van der Waals surface area (Å²) in [5.74, 6) is 0.513. The van der Waals surface area contributed by atoms with Gasteiger partial charge >= 0.3 is 0 Å². The first kappa shape index (κ1) is 16.7. The van der Waals surface area contributed by atoms with E-state index in [-0.39, 0.29) is 5.91 Å². The Morgan fingerprint density at radius 2 is 1.91 bits per heavy atom. The first-order valence-electron chi connectivity index (χ1n) is 8.16. The number of rotatable bonds is 7. The SMILES string of the molecule is CN(C)CCCNC(=O)c1cnc(NC2CCCCC2)nc1. The minimum atomic E-state index is -0.108. The van der Waals surface area contributed by atoms with Crippen LogP contribution >= 0.6 is 0 Å². The third kappa shape index (κ3) is 5.60. The van der Waals surface area contributed by atoms with Gasteiger partial charge in [-0.2, -0.15) is 0 Å². The van der Waals surface area contributed by atoms with Crippen molar-refractivity contribution in [2.45, 2.75) is 44.6 Å². The van der Waals surface area contributed by atoms with Crippen molar-refractivity contribution < 1.29 is 4.79 Å². The number of anilines is 1. The number of amides is 1. The van der Waals surface area contributed by atoms with E-state index in [9.17, 15) is 4.79 Å². The highest BCUT2D eigenvalue weighted by Crippen LogP contribution is 2.19. The van der Waals surface area contributed by atoms with Crippen LogP contribution in [0.5, 0.6) is 0 Å². The normalized spacial score (nSPS) is 15.8. The van der Waals surface area contributed by atoms with Gasteiger partial charge in [-0.1, -0.05) is 19.3 Å². The fourth-order valence-electron chi connectivity index (χ4n) is 2.65. The van der Waals surface area contributed by atoms with Crippen molar-refractivity contribution >= 4 is 11.9 Å². The molecule has 0 atom stereocenters. The summed E-state index contributed by atoms with van der Waals surface area (Å²) in [6, 6.07) is 0.472. The molecule has 1 aliphatic rings. The Morgan fingerprint density at radius 3 is 2.55 bits per heavy atom. The van der Waals surface area contributed by atoms with Crippen molar-refractivity contribution in [2.24, 2.45) is 0 Å². The van der Waals surface area contributed by atoms with Crippen molar-refractivity contribution in [1.29, 1.82) is 0 Å². The molecule has 1 amide bonds. The molecule has 2 N–H and O–H groups in total. The minimum absolute atomic E-state index is 0.108. The van der Waals surface area contributed by atoms with Crippen LogP contribution in [0.4, 0.5) is 5.95 Å². The van der Waals surface area contributed by atoms with E-state index < -0.39 is 0 Å². The molecule has 1 fully saturated rings. The van der Waals surface area contributed by atoms with Gasteiger partial charge in [0.05, 0.1) is 5.56 Å². The predicted octanol–water partition coefficient (Wildman–Crippen LogP) is 1.90. The fraction of sp³-hybridized carbons (Fsp3) is 0.688. The molecule has 1 aromatic heterocycles. The first-order valence-corrected chi connectivity index (χ1v) is 8.16. The molecule has 0 saturated heterocycles. The van der Waals surface area contributed by atoms with Crippen LogP contribution in [-0.2, 0) is 0 Å². The maximum atomic E-state index is 12.0. The quantitative estimate of drug-likeness (QED) is 0.753. The van der Waals surface area contributed by atoms with Gasteiger partial charge in [-0.3, -0.25) is 4.79 Å². The number of nitrogens with zero attached hydrogens (tertiary/aromatic N) is 3. The summed E-state index contributed by atoms with van der Waals surface area (Å²) in [5.41, 5.74) is 0.513. The van der Waals surface area contributed by atoms with E-state index in [1.165, 1.54) is 32.1 Å². The van der Waals surface area contributed by atoms with E-state index >= 15 is 0 Å². The van der Waals surface area contributed by atoms with E-state index in [1.807, 2.05) is 14.1 Å². The molecule has 0 aliphatic heterocycles. The molecule has 0 unspecified atom stereocenters. The van der Waals surface area contributed by atoms with Gasteiger partial charge < -0.3 is 15.5 Å². The highest BCUT2D eigenvalue weighted by Gasteiger charge is 2.14. The maximum Gasteiger partial charge on any atom is 0.254 e. The molecular formula is C16H27N5O. The van der Waals surface area contributed by atoms with Gasteiger partial charge in [0.25, 0.3) is 5.91 Å². The first-order chi connectivity index (χ1) is 10.6. The second-order valence-electron chi connectivity index (χ2n) is 6.19. The summed E-state index contributed by atoms with van der Waals surface area (Å²) < 4.78 is 0. The van der Waals surface area contributed by atoms with E-state index in [0.717, 1.165) is 13.0 Å². The van der Waals surface area contributed by atoms with Gasteiger partial charge in [0.2, 0.25) is 5.95 Å². The summed E-state index contributed by atoms with van der Waals surface area (Å²) >= 11 is 0. The van der Waals surface area contributed by atoms with Crippen LogP contribution in [0.15, 0.2) is 12.4 Å². The molecule has 6 heteroatoms. The molecule has 122 valence electrons. The molecule has 22 heavy (non-hydrogen) atoms. The molecule has 6 nitrogen and oxygen atoms in total. The Hall–Kier alpha value is -1.69. The largest absolute Gasteiger partial charge is 0.352 e. The molecule has 1 aromatic rings. The van der Waals surface area contributed by atoms with E-state index in [1.54, 1.807) is 12.4 Å². The molecule has 1 heterocycles. The molecule has 1 aliphatic carbocycles. The third-order valence-electron chi connectivity index (χ3n) is 3.92. The van der Waals surface area contributed by atoms with E-state index in [0.29, 0.717) is 24.1 Å². The van der Waals surface area contributed by atoms with Crippen LogP contribution < -0.4 is 10.6 Å². The lowest BCUT2D eigenvalue weighted by atomic mass is 9.96. The van der Waals surface area contributed by atoms with Crippen molar-refractivity contribution in [3.8, 4) is 0 Å². The number of nitrogens with one attached hydrogen (secondary N) is 2. The number of hydrogen-bond acceptors (Lipinski definition) is 5. The standard InChI is InChI=1S/C16H27N5O/c1-21(2)10-6-9-17-15(22)13-11-18-16(19-12-13)20-14-7-4-3-5-8-14/h11-12,14H,3-10H2,1-2H3,(H,17,22)(H,18,19,20). The lowest BCUT2D eigenvalue weighted by Crippen LogP contribution is -2.27. The van der Waals surface area contributed by atoms with Crippen LogP contribution in [0, 0.1) is 0 Å². The summed E-state index contributed by atoms with van der Waals surface area (Å²) in [4.78, 5) is 22.6. The highest BCUT2D eigenvalue weighted by atomic mass is 16.1. The second kappa shape index (κ2) is 8.68. The zero-order valence-corrected chi connectivity index (χ0v) is 13.6. The third-order valence-corrected chi connectivity index (χ3v) is 3.92. The maximum absolute atomic E-state index is 12.0. The topological polar surface area (TPSA) is 70.2 Å². The molecule has 2 rings (SSSR count). The number of carbonyl (C=O) groups is 1. The average molecular weight is 305 g/mol. The van der Waals surface area contributed by atoms with Gasteiger partial charge in [0.1, 0.15) is 0 Å². The smallest absolute Gasteiger partial charge is 0.254 e. The Morgan fingerprint density at radius 1 is 1.23 bits per heavy atom. The fourth-order valence-corrected chi connectivity index (χ4v) is 2.65. The van der Waals surface area contributed by atoms with Crippen LogP contribution in [0.25, 0.3) is 0 Å².